The first kappa shape index (κ1) is 17.1. The molecule has 24 heavy (non-hydrogen) atoms. The van der Waals surface area contributed by atoms with E-state index in [1.165, 1.54) is 22.3 Å². The molecule has 0 saturated heterocycles. The maximum absolute atomic E-state index is 13.2. The quantitative estimate of drug-likeness (QED) is 0.654. The molecule has 0 heterocycles. The van der Waals surface area contributed by atoms with E-state index in [4.69, 9.17) is 0 Å². The third-order valence-corrected chi connectivity index (χ3v) is 6.46. The second kappa shape index (κ2) is 7.04. The van der Waals surface area contributed by atoms with E-state index in [0.717, 1.165) is 6.42 Å². The van der Waals surface area contributed by atoms with Gasteiger partial charge in [0.15, 0.2) is 0 Å². The summed E-state index contributed by atoms with van der Waals surface area (Å²) in [6, 6.07) is 16.5. The molecule has 0 aliphatic heterocycles. The Hall–Kier alpha value is -1.71. The predicted molar refractivity (Wildman–Crippen MR) is 102 cm³/mol. The van der Waals surface area contributed by atoms with Gasteiger partial charge in [0.2, 0.25) is 0 Å². The van der Waals surface area contributed by atoms with Crippen molar-refractivity contribution in [2.75, 3.05) is 0 Å². The molecule has 0 fully saturated rings. The van der Waals surface area contributed by atoms with Crippen molar-refractivity contribution in [1.29, 1.82) is 0 Å². The third-order valence-electron chi connectivity index (χ3n) is 4.66. The van der Waals surface area contributed by atoms with Gasteiger partial charge in [0.1, 0.15) is 14.8 Å². The first-order valence-corrected chi connectivity index (χ1v) is 11.0. The molecule has 1 aliphatic rings. The normalized spacial score (nSPS) is 16.8. The molecule has 1 radical (unpaired) electrons. The lowest BCUT2D eigenvalue weighted by Gasteiger charge is -2.38. The molecule has 2 aromatic rings. The summed E-state index contributed by atoms with van der Waals surface area (Å²) in [5, 5.41) is 0. The van der Waals surface area contributed by atoms with E-state index >= 15 is 0 Å². The van der Waals surface area contributed by atoms with Crippen LogP contribution in [0.3, 0.4) is 0 Å². The molecule has 0 spiro atoms. The van der Waals surface area contributed by atoms with Crippen molar-refractivity contribution in [2.45, 2.75) is 45.4 Å². The summed E-state index contributed by atoms with van der Waals surface area (Å²) in [5.74, 6) is -0.171. The van der Waals surface area contributed by atoms with Crippen molar-refractivity contribution in [3.8, 4) is 0 Å². The molecule has 0 bridgehead atoms. The van der Waals surface area contributed by atoms with Crippen LogP contribution in [0.25, 0.3) is 6.08 Å². The molecule has 1 aliphatic carbocycles. The van der Waals surface area contributed by atoms with Crippen LogP contribution in [0.1, 0.15) is 36.6 Å². The first-order chi connectivity index (χ1) is 11.5. The van der Waals surface area contributed by atoms with Gasteiger partial charge >= 0.3 is 0 Å². The van der Waals surface area contributed by atoms with Crippen LogP contribution in [0.5, 0.6) is 0 Å². The zero-order valence-corrected chi connectivity index (χ0v) is 15.9. The third kappa shape index (κ3) is 3.37. The fraction of sp³-hybridized carbons (Fsp3) is 0.333. The van der Waals surface area contributed by atoms with Gasteiger partial charge in [-0.25, -0.2) is 4.39 Å². The molecule has 2 aromatic carbocycles. The highest BCUT2D eigenvalue weighted by Crippen LogP contribution is 2.41. The number of fused-ring (bicyclic) bond motifs is 1. The SMILES string of the molecule is CC(C)N(C1C(Cc2ccc(F)cc2)=Cc2ccccc21)[Si](C)C. The monoisotopic (exact) mass is 338 g/mol. The Morgan fingerprint density at radius 1 is 1.04 bits per heavy atom. The van der Waals surface area contributed by atoms with E-state index in [-0.39, 0.29) is 5.82 Å². The number of nitrogens with zero attached hydrogens (tertiary/aromatic N) is 1. The van der Waals surface area contributed by atoms with Crippen LogP contribution in [0.15, 0.2) is 54.1 Å². The largest absolute Gasteiger partial charge is 0.312 e. The molecule has 0 amide bonds. The molecule has 125 valence electrons. The Labute approximate surface area is 146 Å². The summed E-state index contributed by atoms with van der Waals surface area (Å²) in [7, 11) is -0.595. The van der Waals surface area contributed by atoms with Gasteiger partial charge in [-0.2, -0.15) is 0 Å². The van der Waals surface area contributed by atoms with Gasteiger partial charge in [-0.15, -0.1) is 0 Å². The molecule has 1 atom stereocenters. The summed E-state index contributed by atoms with van der Waals surface area (Å²) in [5.41, 5.74) is 5.33. The Morgan fingerprint density at radius 3 is 2.33 bits per heavy atom. The molecule has 3 rings (SSSR count). The molecule has 1 nitrogen and oxygen atoms in total. The summed E-state index contributed by atoms with van der Waals surface area (Å²) in [4.78, 5) is 0. The fourth-order valence-corrected chi connectivity index (χ4v) is 5.61. The zero-order valence-electron chi connectivity index (χ0n) is 14.9. The van der Waals surface area contributed by atoms with Crippen LogP contribution in [0.4, 0.5) is 4.39 Å². The lowest BCUT2D eigenvalue weighted by Crippen LogP contribution is -2.43. The minimum Gasteiger partial charge on any atom is -0.312 e. The van der Waals surface area contributed by atoms with Gasteiger partial charge in [-0.05, 0) is 46.9 Å². The van der Waals surface area contributed by atoms with Gasteiger partial charge < -0.3 is 4.57 Å². The summed E-state index contributed by atoms with van der Waals surface area (Å²) in [6.45, 7) is 9.30. The van der Waals surface area contributed by atoms with Crippen LogP contribution in [-0.4, -0.2) is 19.6 Å². The lowest BCUT2D eigenvalue weighted by atomic mass is 9.97. The van der Waals surface area contributed by atoms with Gasteiger partial charge in [0, 0.05) is 0 Å². The van der Waals surface area contributed by atoms with Crippen molar-refractivity contribution in [1.82, 2.24) is 4.57 Å². The van der Waals surface area contributed by atoms with Crippen molar-refractivity contribution in [3.05, 3.63) is 76.6 Å². The van der Waals surface area contributed by atoms with Crippen molar-refractivity contribution in [3.63, 3.8) is 0 Å². The number of hydrogen-bond donors (Lipinski definition) is 0. The van der Waals surface area contributed by atoms with E-state index in [9.17, 15) is 4.39 Å². The minimum atomic E-state index is -0.595. The van der Waals surface area contributed by atoms with Crippen LogP contribution < -0.4 is 0 Å². The Balaban J connectivity index is 1.98. The molecule has 0 N–H and O–H groups in total. The Kier molecular flexibility index (Phi) is 5.02. The molecule has 3 heteroatoms. The fourth-order valence-electron chi connectivity index (χ4n) is 3.76. The van der Waals surface area contributed by atoms with Crippen LogP contribution in [0.2, 0.25) is 13.1 Å². The standard InChI is InChI=1S/C21H25FNSi/c1-15(2)23(24(3)4)21-18(13-16-9-11-19(22)12-10-16)14-17-7-5-6-8-20(17)21/h5-12,14-15,21H,13H2,1-4H3. The first-order valence-electron chi connectivity index (χ1n) is 8.59. The predicted octanol–water partition coefficient (Wildman–Crippen LogP) is 5.47. The van der Waals surface area contributed by atoms with Crippen LogP contribution in [-0.2, 0) is 6.42 Å². The Morgan fingerprint density at radius 2 is 1.71 bits per heavy atom. The highest BCUT2D eigenvalue weighted by Gasteiger charge is 2.33. The number of benzene rings is 2. The summed E-state index contributed by atoms with van der Waals surface area (Å²) < 4.78 is 15.9. The Bertz CT molecular complexity index is 726. The number of hydrogen-bond acceptors (Lipinski definition) is 1. The second-order valence-corrected chi connectivity index (χ2v) is 9.41. The van der Waals surface area contributed by atoms with E-state index in [2.05, 4.69) is 61.8 Å². The van der Waals surface area contributed by atoms with Gasteiger partial charge in [0.05, 0.1) is 6.04 Å². The molecule has 0 saturated carbocycles. The summed E-state index contributed by atoms with van der Waals surface area (Å²) in [6.07, 6.45) is 3.21. The maximum atomic E-state index is 13.2. The minimum absolute atomic E-state index is 0.171. The number of halogens is 1. The van der Waals surface area contributed by atoms with E-state index < -0.39 is 8.96 Å². The van der Waals surface area contributed by atoms with Crippen molar-refractivity contribution in [2.24, 2.45) is 0 Å². The molecular weight excluding hydrogens is 313 g/mol. The van der Waals surface area contributed by atoms with E-state index in [1.807, 2.05) is 12.1 Å². The smallest absolute Gasteiger partial charge is 0.131 e. The van der Waals surface area contributed by atoms with Gasteiger partial charge in [0.25, 0.3) is 0 Å². The van der Waals surface area contributed by atoms with Crippen LogP contribution in [0, 0.1) is 5.82 Å². The maximum Gasteiger partial charge on any atom is 0.131 e. The molecular formula is C21H25FNSi. The van der Waals surface area contributed by atoms with E-state index in [1.54, 1.807) is 12.1 Å². The highest BCUT2D eigenvalue weighted by molar-refractivity contribution is 6.52. The second-order valence-electron chi connectivity index (χ2n) is 7.00. The van der Waals surface area contributed by atoms with Crippen LogP contribution >= 0.6 is 0 Å². The van der Waals surface area contributed by atoms with Gasteiger partial charge in [-0.1, -0.05) is 69.4 Å². The van der Waals surface area contributed by atoms with Crippen molar-refractivity contribution >= 4 is 15.0 Å². The topological polar surface area (TPSA) is 3.24 Å². The molecule has 1 unspecified atom stereocenters. The highest BCUT2D eigenvalue weighted by atomic mass is 28.3. The van der Waals surface area contributed by atoms with E-state index in [0.29, 0.717) is 12.1 Å². The van der Waals surface area contributed by atoms with Gasteiger partial charge in [-0.3, -0.25) is 0 Å². The van der Waals surface area contributed by atoms with Crippen molar-refractivity contribution < 1.29 is 4.39 Å². The average molecular weight is 339 g/mol. The summed E-state index contributed by atoms with van der Waals surface area (Å²) >= 11 is 0. The number of rotatable bonds is 5. The average Bonchev–Trinajstić information content (AvgIpc) is 2.87. The molecule has 0 aromatic heterocycles. The lowest BCUT2D eigenvalue weighted by molar-refractivity contribution is 0.308. The zero-order chi connectivity index (χ0) is 17.3.